The van der Waals surface area contributed by atoms with E-state index in [1.54, 1.807) is 35.1 Å². The van der Waals surface area contributed by atoms with Crippen LogP contribution in [0.4, 0.5) is 0 Å². The Kier molecular flexibility index (Phi) is 7.19. The minimum atomic E-state index is -0.739. The van der Waals surface area contributed by atoms with Gasteiger partial charge in [0.1, 0.15) is 18.0 Å². The zero-order chi connectivity index (χ0) is 22.6. The number of esters is 1. The number of aromatic nitrogens is 4. The smallest absolute Gasteiger partial charge is 0.343 e. The highest BCUT2D eigenvalue weighted by Gasteiger charge is 2.18. The van der Waals surface area contributed by atoms with Crippen LogP contribution in [0.5, 0.6) is 0 Å². The number of hydrogen-bond acceptors (Lipinski definition) is 6. The third kappa shape index (κ3) is 5.96. The van der Waals surface area contributed by atoms with E-state index in [2.05, 4.69) is 29.0 Å². The van der Waals surface area contributed by atoms with Gasteiger partial charge in [0, 0.05) is 16.3 Å². The summed E-state index contributed by atoms with van der Waals surface area (Å²) in [6, 6.07) is 8.35. The fourth-order valence-electron chi connectivity index (χ4n) is 2.69. The van der Waals surface area contributed by atoms with Crippen LogP contribution in [0.3, 0.4) is 0 Å². The van der Waals surface area contributed by atoms with Gasteiger partial charge >= 0.3 is 5.97 Å². The summed E-state index contributed by atoms with van der Waals surface area (Å²) in [5.74, 6) is 0.255. The Bertz CT molecular complexity index is 1120. The number of benzene rings is 1. The molecule has 166 valence electrons. The normalized spacial score (nSPS) is 12.0. The zero-order valence-electron chi connectivity index (χ0n) is 17.9. The Morgan fingerprint density at radius 2 is 1.90 bits per heavy atom. The molecule has 0 saturated carbocycles. The summed E-state index contributed by atoms with van der Waals surface area (Å²) in [6.07, 6.45) is 9.83. The largest absolute Gasteiger partial charge is 0.465 e. The molecule has 0 radical (unpaired) electrons. The van der Waals surface area contributed by atoms with Crippen LogP contribution in [0.25, 0.3) is 16.9 Å². The summed E-state index contributed by atoms with van der Waals surface area (Å²) in [4.78, 5) is 25.1. The molecular formula is C21H25ClN4O4S. The van der Waals surface area contributed by atoms with Gasteiger partial charge in [-0.05, 0) is 37.0 Å². The van der Waals surface area contributed by atoms with Gasteiger partial charge in [-0.2, -0.15) is 14.9 Å². The quantitative estimate of drug-likeness (QED) is 0.375. The maximum Gasteiger partial charge on any atom is 0.343 e. The highest BCUT2D eigenvalue weighted by atomic mass is 35.5. The van der Waals surface area contributed by atoms with Gasteiger partial charge in [0.2, 0.25) is 0 Å². The Hall–Kier alpha value is -2.62. The van der Waals surface area contributed by atoms with E-state index >= 15 is 0 Å². The molecule has 2 aromatic heterocycles. The molecule has 0 aliphatic carbocycles. The van der Waals surface area contributed by atoms with Crippen LogP contribution >= 0.6 is 21.6 Å². The van der Waals surface area contributed by atoms with Crippen molar-refractivity contribution in [2.45, 2.75) is 6.73 Å². The highest BCUT2D eigenvalue weighted by Crippen LogP contribution is 2.33. The standard InChI is InChI=1S/C21H25ClN4O4S/c1-29-21(28)18-11-19(15-5-7-16(22)8-6-15)24-26(20(18)27)17-12-23-25(13-17)14-30-9-10-31(2,3)4/h5-8,11-13H,9-10,14H2,1-4H3. The molecule has 2 heterocycles. The average Bonchev–Trinajstić information content (AvgIpc) is 3.19. The van der Waals surface area contributed by atoms with E-state index in [9.17, 15) is 9.59 Å². The van der Waals surface area contributed by atoms with Crippen molar-refractivity contribution in [1.29, 1.82) is 0 Å². The monoisotopic (exact) mass is 464 g/mol. The van der Waals surface area contributed by atoms with E-state index in [0.717, 1.165) is 10.4 Å². The van der Waals surface area contributed by atoms with Crippen LogP contribution in [0.15, 0.2) is 47.5 Å². The van der Waals surface area contributed by atoms with Gasteiger partial charge in [0.25, 0.3) is 5.56 Å². The molecule has 0 bridgehead atoms. The van der Waals surface area contributed by atoms with E-state index in [-0.39, 0.29) is 12.3 Å². The summed E-state index contributed by atoms with van der Waals surface area (Å²) in [5.41, 5.74) is 0.814. The predicted molar refractivity (Wildman–Crippen MR) is 124 cm³/mol. The number of carbonyl (C=O) groups excluding carboxylic acids is 1. The number of carbonyl (C=O) groups is 1. The van der Waals surface area contributed by atoms with E-state index < -0.39 is 21.6 Å². The molecule has 0 N–H and O–H groups in total. The van der Waals surface area contributed by atoms with E-state index in [0.29, 0.717) is 28.6 Å². The molecule has 0 amide bonds. The molecule has 10 heteroatoms. The summed E-state index contributed by atoms with van der Waals surface area (Å²) in [7, 11) is 0.592. The Morgan fingerprint density at radius 1 is 1.19 bits per heavy atom. The fraction of sp³-hybridized carbons (Fsp3) is 0.333. The highest BCUT2D eigenvalue weighted by molar-refractivity contribution is 8.32. The third-order valence-corrected chi connectivity index (χ3v) is 6.03. The fourth-order valence-corrected chi connectivity index (χ4v) is 3.43. The van der Waals surface area contributed by atoms with Crippen LogP contribution in [0.1, 0.15) is 10.4 Å². The second-order valence-corrected chi connectivity index (χ2v) is 12.8. The Balaban J connectivity index is 1.92. The third-order valence-electron chi connectivity index (χ3n) is 4.38. The molecule has 0 spiro atoms. The second-order valence-electron chi connectivity index (χ2n) is 7.73. The molecular weight excluding hydrogens is 440 g/mol. The van der Waals surface area contributed by atoms with Gasteiger partial charge in [-0.25, -0.2) is 19.5 Å². The van der Waals surface area contributed by atoms with Crippen molar-refractivity contribution in [1.82, 2.24) is 19.6 Å². The van der Waals surface area contributed by atoms with Gasteiger partial charge < -0.3 is 9.47 Å². The Labute approximate surface area is 187 Å². The first-order valence-electron chi connectivity index (χ1n) is 9.43. The molecule has 3 aromatic rings. The van der Waals surface area contributed by atoms with Crippen molar-refractivity contribution < 1.29 is 14.3 Å². The molecule has 0 atom stereocenters. The minimum absolute atomic E-state index is 0.125. The summed E-state index contributed by atoms with van der Waals surface area (Å²) in [6.45, 7) is 0.885. The first kappa shape index (κ1) is 23.1. The van der Waals surface area contributed by atoms with Gasteiger partial charge in [-0.1, -0.05) is 23.7 Å². The molecule has 0 fully saturated rings. The van der Waals surface area contributed by atoms with Crippen molar-refractivity contribution in [3.63, 3.8) is 0 Å². The molecule has 3 rings (SSSR count). The van der Waals surface area contributed by atoms with Crippen molar-refractivity contribution in [3.05, 3.63) is 63.7 Å². The van der Waals surface area contributed by atoms with Crippen LogP contribution < -0.4 is 5.56 Å². The maximum atomic E-state index is 12.9. The number of methoxy groups -OCH3 is 1. The first-order chi connectivity index (χ1) is 14.7. The maximum absolute atomic E-state index is 12.9. The number of ether oxygens (including phenoxy) is 2. The van der Waals surface area contributed by atoms with Gasteiger partial charge in [0.05, 0.1) is 31.8 Å². The number of rotatable bonds is 8. The molecule has 0 aliphatic rings. The number of halogens is 1. The lowest BCUT2D eigenvalue weighted by atomic mass is 10.1. The van der Waals surface area contributed by atoms with Gasteiger partial charge in [-0.3, -0.25) is 4.79 Å². The second kappa shape index (κ2) is 9.67. The van der Waals surface area contributed by atoms with E-state index in [4.69, 9.17) is 21.1 Å². The van der Waals surface area contributed by atoms with E-state index in [1.165, 1.54) is 19.4 Å². The predicted octanol–water partition coefficient (Wildman–Crippen LogP) is 3.20. The lowest BCUT2D eigenvalue weighted by molar-refractivity contribution is 0.0598. The molecule has 8 nitrogen and oxygen atoms in total. The van der Waals surface area contributed by atoms with Gasteiger partial charge in [0.15, 0.2) is 0 Å². The lowest BCUT2D eigenvalue weighted by Crippen LogP contribution is -2.28. The molecule has 0 saturated heterocycles. The van der Waals surface area contributed by atoms with Crippen LogP contribution in [-0.2, 0) is 16.2 Å². The topological polar surface area (TPSA) is 88.2 Å². The van der Waals surface area contributed by atoms with Crippen molar-refractivity contribution >= 4 is 27.6 Å². The first-order valence-corrected chi connectivity index (χ1v) is 12.8. The molecule has 31 heavy (non-hydrogen) atoms. The summed E-state index contributed by atoms with van der Waals surface area (Å²) in [5, 5.41) is 9.23. The van der Waals surface area contributed by atoms with Gasteiger partial charge in [-0.15, -0.1) is 0 Å². The molecule has 0 aliphatic heterocycles. The van der Waals surface area contributed by atoms with Crippen LogP contribution in [0.2, 0.25) is 5.02 Å². The van der Waals surface area contributed by atoms with Crippen LogP contribution in [0, 0.1) is 0 Å². The van der Waals surface area contributed by atoms with Crippen molar-refractivity contribution in [3.8, 4) is 16.9 Å². The Morgan fingerprint density at radius 3 is 2.55 bits per heavy atom. The average molecular weight is 465 g/mol. The number of hydrogen-bond donors (Lipinski definition) is 0. The molecule has 0 unspecified atom stereocenters. The molecule has 1 aromatic carbocycles. The van der Waals surface area contributed by atoms with Crippen molar-refractivity contribution in [2.24, 2.45) is 0 Å². The van der Waals surface area contributed by atoms with E-state index in [1.807, 2.05) is 0 Å². The summed E-state index contributed by atoms with van der Waals surface area (Å²) >= 11 is 5.96. The number of nitrogens with zero attached hydrogens (tertiary/aromatic N) is 4. The SMILES string of the molecule is COC(=O)c1cc(-c2ccc(Cl)cc2)nn(-c2cnn(COCCS(C)(C)C)c2)c1=O. The van der Waals surface area contributed by atoms with Crippen molar-refractivity contribution in [2.75, 3.05) is 38.2 Å². The minimum Gasteiger partial charge on any atom is -0.465 e. The summed E-state index contributed by atoms with van der Waals surface area (Å²) < 4.78 is 13.2. The zero-order valence-corrected chi connectivity index (χ0v) is 19.4. The van der Waals surface area contributed by atoms with Crippen LogP contribution in [-0.4, -0.2) is 63.8 Å². The lowest BCUT2D eigenvalue weighted by Gasteiger charge is -2.24.